The normalized spacial score (nSPS) is 10.8. The third-order valence-corrected chi connectivity index (χ3v) is 3.68. The Morgan fingerprint density at radius 3 is 2.62 bits per heavy atom. The van der Waals surface area contributed by atoms with Crippen molar-refractivity contribution in [3.05, 3.63) is 66.9 Å². The van der Waals surface area contributed by atoms with Crippen LogP contribution < -0.4 is 17.0 Å². The number of nitrogens with two attached hydrogens (primary N) is 1. The molecular weight excluding hydrogens is 313 g/mol. The van der Waals surface area contributed by atoms with Crippen LogP contribution in [0.3, 0.4) is 0 Å². The van der Waals surface area contributed by atoms with Gasteiger partial charge in [-0.3, -0.25) is 13.9 Å². The van der Waals surface area contributed by atoms with Gasteiger partial charge in [-0.2, -0.15) is 0 Å². The Morgan fingerprint density at radius 1 is 1.14 bits per heavy atom. The minimum absolute atomic E-state index is 0.251. The van der Waals surface area contributed by atoms with Gasteiger partial charge in [-0.1, -0.05) is 23.2 Å². The highest BCUT2D eigenvalue weighted by atomic mass is 35.5. The first-order chi connectivity index (χ1) is 10.0. The van der Waals surface area contributed by atoms with Crippen molar-refractivity contribution in [2.45, 2.75) is 19.5 Å². The van der Waals surface area contributed by atoms with E-state index in [2.05, 4.69) is 0 Å². The smallest absolute Gasteiger partial charge is 0.330 e. The summed E-state index contributed by atoms with van der Waals surface area (Å²) < 4.78 is 2.60. The van der Waals surface area contributed by atoms with Crippen LogP contribution in [0.1, 0.15) is 12.0 Å². The first-order valence-electron chi connectivity index (χ1n) is 6.47. The molecule has 0 saturated heterocycles. The van der Waals surface area contributed by atoms with Gasteiger partial charge in [-0.05, 0) is 36.7 Å². The number of halogens is 2. The Hall–Kier alpha value is -1.56. The molecule has 7 heteroatoms. The number of nitrogens with zero attached hydrogens (tertiary/aromatic N) is 2. The predicted octanol–water partition coefficient (Wildman–Crippen LogP) is 1.71. The molecule has 21 heavy (non-hydrogen) atoms. The van der Waals surface area contributed by atoms with E-state index in [4.69, 9.17) is 28.9 Å². The molecule has 5 nitrogen and oxygen atoms in total. The molecule has 0 radical (unpaired) electrons. The molecule has 0 aliphatic heterocycles. The Balaban J connectivity index is 2.39. The van der Waals surface area contributed by atoms with Gasteiger partial charge in [0.15, 0.2) is 0 Å². The molecule has 0 saturated carbocycles. The fourth-order valence-corrected chi connectivity index (χ4v) is 2.35. The minimum atomic E-state index is -0.382. The molecule has 1 aromatic heterocycles. The van der Waals surface area contributed by atoms with Gasteiger partial charge < -0.3 is 5.73 Å². The second-order valence-corrected chi connectivity index (χ2v) is 5.44. The molecule has 0 fully saturated rings. The maximum Gasteiger partial charge on any atom is 0.331 e. The standard InChI is InChI=1S/C14H15Cl2N3O2/c15-11-2-3-12(16)10(8-11)9-18-7-4-13(20)19(14(18)21)6-1-5-17/h2-4,7-8H,1,5-6,9,17H2. The SMILES string of the molecule is NCCCn1c(=O)ccn(Cc2cc(Cl)ccc2Cl)c1=O. The lowest BCUT2D eigenvalue weighted by molar-refractivity contribution is 0.554. The van der Waals surface area contributed by atoms with Gasteiger partial charge in [0.2, 0.25) is 0 Å². The van der Waals surface area contributed by atoms with E-state index in [1.807, 2.05) is 0 Å². The summed E-state index contributed by atoms with van der Waals surface area (Å²) in [5, 5.41) is 1.06. The summed E-state index contributed by atoms with van der Waals surface area (Å²) in [6.45, 7) is 0.973. The molecule has 0 aliphatic carbocycles. The molecule has 0 atom stereocenters. The van der Waals surface area contributed by atoms with Crippen LogP contribution in [0.5, 0.6) is 0 Å². The monoisotopic (exact) mass is 327 g/mol. The third kappa shape index (κ3) is 3.75. The number of rotatable bonds is 5. The summed E-state index contributed by atoms with van der Waals surface area (Å²) in [6, 6.07) is 6.41. The summed E-state index contributed by atoms with van der Waals surface area (Å²) in [4.78, 5) is 24.0. The van der Waals surface area contributed by atoms with Gasteiger partial charge in [-0.25, -0.2) is 4.79 Å². The second kappa shape index (κ2) is 6.93. The molecule has 1 aromatic carbocycles. The Kier molecular flexibility index (Phi) is 5.22. The van der Waals surface area contributed by atoms with Gasteiger partial charge >= 0.3 is 5.69 Å². The van der Waals surface area contributed by atoms with E-state index in [-0.39, 0.29) is 17.8 Å². The van der Waals surface area contributed by atoms with Gasteiger partial charge in [0.25, 0.3) is 5.56 Å². The third-order valence-electron chi connectivity index (χ3n) is 3.07. The van der Waals surface area contributed by atoms with Gasteiger partial charge in [-0.15, -0.1) is 0 Å². The van der Waals surface area contributed by atoms with Crippen molar-refractivity contribution in [1.29, 1.82) is 0 Å². The average molecular weight is 328 g/mol. The second-order valence-electron chi connectivity index (χ2n) is 4.59. The molecule has 0 spiro atoms. The summed E-state index contributed by atoms with van der Waals surface area (Å²) in [5.41, 5.74) is 5.42. The van der Waals surface area contributed by atoms with Gasteiger partial charge in [0.1, 0.15) is 0 Å². The van der Waals surface area contributed by atoms with Crippen LogP contribution in [0.15, 0.2) is 40.1 Å². The van der Waals surface area contributed by atoms with Crippen molar-refractivity contribution in [3.8, 4) is 0 Å². The molecule has 1 heterocycles. The van der Waals surface area contributed by atoms with E-state index in [0.29, 0.717) is 29.6 Å². The Bertz CT molecular complexity index is 753. The molecular formula is C14H15Cl2N3O2. The summed E-state index contributed by atoms with van der Waals surface area (Å²) >= 11 is 12.0. The van der Waals surface area contributed by atoms with Crippen molar-refractivity contribution in [3.63, 3.8) is 0 Å². The number of benzene rings is 1. The van der Waals surface area contributed by atoms with Gasteiger partial charge in [0, 0.05) is 28.9 Å². The molecule has 2 aromatic rings. The maximum absolute atomic E-state index is 12.3. The molecule has 112 valence electrons. The van der Waals surface area contributed by atoms with Crippen molar-refractivity contribution in [2.24, 2.45) is 5.73 Å². The van der Waals surface area contributed by atoms with E-state index in [9.17, 15) is 9.59 Å². The fraction of sp³-hybridized carbons (Fsp3) is 0.286. The van der Waals surface area contributed by atoms with Crippen LogP contribution >= 0.6 is 23.2 Å². The summed E-state index contributed by atoms with van der Waals surface area (Å²) in [6.07, 6.45) is 2.03. The van der Waals surface area contributed by atoms with Crippen molar-refractivity contribution >= 4 is 23.2 Å². The first kappa shape index (κ1) is 15.8. The molecule has 2 rings (SSSR count). The Morgan fingerprint density at radius 2 is 1.90 bits per heavy atom. The Labute approximate surface area is 131 Å². The molecule has 0 bridgehead atoms. The van der Waals surface area contributed by atoms with E-state index in [1.54, 1.807) is 18.2 Å². The highest BCUT2D eigenvalue weighted by molar-refractivity contribution is 6.33. The zero-order valence-electron chi connectivity index (χ0n) is 11.3. The van der Waals surface area contributed by atoms with Gasteiger partial charge in [0.05, 0.1) is 6.54 Å². The van der Waals surface area contributed by atoms with E-state index >= 15 is 0 Å². The lowest BCUT2D eigenvalue weighted by Crippen LogP contribution is -2.39. The lowest BCUT2D eigenvalue weighted by atomic mass is 10.2. The maximum atomic E-state index is 12.3. The summed E-state index contributed by atoms with van der Waals surface area (Å²) in [5.74, 6) is 0. The zero-order chi connectivity index (χ0) is 15.4. The zero-order valence-corrected chi connectivity index (χ0v) is 12.8. The van der Waals surface area contributed by atoms with E-state index in [1.165, 1.54) is 21.4 Å². The van der Waals surface area contributed by atoms with Crippen molar-refractivity contribution in [1.82, 2.24) is 9.13 Å². The molecule has 0 aliphatic rings. The molecule has 0 amide bonds. The average Bonchev–Trinajstić information content (AvgIpc) is 2.46. The lowest BCUT2D eigenvalue weighted by Gasteiger charge is -2.11. The fourth-order valence-electron chi connectivity index (χ4n) is 1.98. The minimum Gasteiger partial charge on any atom is -0.330 e. The van der Waals surface area contributed by atoms with E-state index in [0.717, 1.165) is 5.56 Å². The highest BCUT2D eigenvalue weighted by Gasteiger charge is 2.08. The molecule has 0 unspecified atom stereocenters. The highest BCUT2D eigenvalue weighted by Crippen LogP contribution is 2.20. The van der Waals surface area contributed by atoms with Crippen molar-refractivity contribution < 1.29 is 0 Å². The largest absolute Gasteiger partial charge is 0.331 e. The quantitative estimate of drug-likeness (QED) is 0.908. The topological polar surface area (TPSA) is 70.0 Å². The van der Waals surface area contributed by atoms with Crippen LogP contribution in [0.25, 0.3) is 0 Å². The number of hydrogen-bond acceptors (Lipinski definition) is 3. The van der Waals surface area contributed by atoms with Crippen molar-refractivity contribution in [2.75, 3.05) is 6.54 Å². The number of aromatic nitrogens is 2. The molecule has 2 N–H and O–H groups in total. The summed E-state index contributed by atoms with van der Waals surface area (Å²) in [7, 11) is 0. The van der Waals surface area contributed by atoms with Crippen LogP contribution in [0, 0.1) is 0 Å². The first-order valence-corrected chi connectivity index (χ1v) is 7.23. The number of hydrogen-bond donors (Lipinski definition) is 1. The van der Waals surface area contributed by atoms with Crippen LogP contribution in [0.4, 0.5) is 0 Å². The predicted molar refractivity (Wildman–Crippen MR) is 84.2 cm³/mol. The van der Waals surface area contributed by atoms with Crippen LogP contribution in [0.2, 0.25) is 10.0 Å². The van der Waals surface area contributed by atoms with E-state index < -0.39 is 0 Å². The van der Waals surface area contributed by atoms with Crippen LogP contribution in [-0.4, -0.2) is 15.7 Å². The van der Waals surface area contributed by atoms with Crippen LogP contribution in [-0.2, 0) is 13.1 Å².